The number of amides is 1. The molecular weight excluding hydrogens is 331 g/mol. The van der Waals surface area contributed by atoms with E-state index in [0.29, 0.717) is 23.5 Å². The lowest BCUT2D eigenvalue weighted by Crippen LogP contribution is -2.48. The third-order valence-electron chi connectivity index (χ3n) is 4.98. The first-order chi connectivity index (χ1) is 12.6. The highest BCUT2D eigenvalue weighted by Crippen LogP contribution is 2.21. The monoisotopic (exact) mass is 356 g/mol. The number of hydrogen-bond acceptors (Lipinski definition) is 4. The number of likely N-dealkylation sites (N-methyl/N-ethyl adjacent to an activating group) is 1. The molecule has 0 aliphatic carbocycles. The second-order valence-electron chi connectivity index (χ2n) is 6.69. The number of hydrogen-bond donors (Lipinski definition) is 1. The van der Waals surface area contributed by atoms with Crippen LogP contribution in [0.25, 0.3) is 0 Å². The van der Waals surface area contributed by atoms with Crippen LogP contribution in [0.15, 0.2) is 42.6 Å². The van der Waals surface area contributed by atoms with E-state index in [2.05, 4.69) is 15.2 Å². The minimum absolute atomic E-state index is 0.0415. The molecular formula is C20H25FN4O. The number of anilines is 1. The number of rotatable bonds is 5. The first-order valence-corrected chi connectivity index (χ1v) is 8.96. The van der Waals surface area contributed by atoms with E-state index >= 15 is 0 Å². The van der Waals surface area contributed by atoms with E-state index in [-0.39, 0.29) is 17.8 Å². The van der Waals surface area contributed by atoms with Crippen LogP contribution in [0, 0.1) is 5.82 Å². The van der Waals surface area contributed by atoms with Crippen molar-refractivity contribution in [2.45, 2.75) is 25.4 Å². The van der Waals surface area contributed by atoms with Crippen LogP contribution >= 0.6 is 0 Å². The first-order valence-electron chi connectivity index (χ1n) is 8.96. The highest BCUT2D eigenvalue weighted by atomic mass is 19.1. The second kappa shape index (κ2) is 8.27. The maximum atomic E-state index is 13.9. The topological polar surface area (TPSA) is 48.5 Å². The molecule has 2 aromatic rings. The summed E-state index contributed by atoms with van der Waals surface area (Å²) < 4.78 is 13.9. The van der Waals surface area contributed by atoms with Gasteiger partial charge in [0.1, 0.15) is 11.6 Å². The largest absolute Gasteiger partial charge is 0.372 e. The zero-order valence-electron chi connectivity index (χ0n) is 15.3. The molecule has 1 saturated heterocycles. The third kappa shape index (κ3) is 4.02. The number of carbonyl (C=O) groups excluding carboxylic acids is 1. The van der Waals surface area contributed by atoms with Crippen molar-refractivity contribution in [3.8, 4) is 0 Å². The van der Waals surface area contributed by atoms with Crippen LogP contribution in [-0.2, 0) is 6.54 Å². The molecule has 1 atom stereocenters. The number of nitrogens with zero attached hydrogens (tertiary/aromatic N) is 3. The average molecular weight is 356 g/mol. The maximum absolute atomic E-state index is 13.9. The van der Waals surface area contributed by atoms with Gasteiger partial charge in [-0.05, 0) is 37.6 Å². The van der Waals surface area contributed by atoms with Crippen molar-refractivity contribution in [1.29, 1.82) is 0 Å². The molecule has 2 heterocycles. The summed E-state index contributed by atoms with van der Waals surface area (Å²) >= 11 is 0. The summed E-state index contributed by atoms with van der Waals surface area (Å²) in [6, 6.07) is 10.5. The Balaban J connectivity index is 1.68. The highest BCUT2D eigenvalue weighted by molar-refractivity contribution is 5.98. The van der Waals surface area contributed by atoms with E-state index in [4.69, 9.17) is 0 Å². The molecule has 0 spiro atoms. The number of pyridine rings is 1. The zero-order valence-corrected chi connectivity index (χ0v) is 15.3. The van der Waals surface area contributed by atoms with Gasteiger partial charge in [0.2, 0.25) is 0 Å². The Morgan fingerprint density at radius 2 is 2.15 bits per heavy atom. The molecule has 0 bridgehead atoms. The predicted molar refractivity (Wildman–Crippen MR) is 101 cm³/mol. The SMILES string of the molecule is CNc1ncccc1C(=O)N(C)[C@H]1CCCN(Cc2ccccc2F)C1. The van der Waals surface area contributed by atoms with Crippen molar-refractivity contribution in [2.24, 2.45) is 0 Å². The van der Waals surface area contributed by atoms with E-state index in [1.165, 1.54) is 6.07 Å². The van der Waals surface area contributed by atoms with E-state index in [0.717, 1.165) is 25.9 Å². The molecule has 1 N–H and O–H groups in total. The smallest absolute Gasteiger partial charge is 0.257 e. The van der Waals surface area contributed by atoms with Crippen LogP contribution in [0.1, 0.15) is 28.8 Å². The van der Waals surface area contributed by atoms with Gasteiger partial charge in [-0.3, -0.25) is 9.69 Å². The fourth-order valence-electron chi connectivity index (χ4n) is 3.49. The van der Waals surface area contributed by atoms with Gasteiger partial charge in [-0.1, -0.05) is 18.2 Å². The lowest BCUT2D eigenvalue weighted by Gasteiger charge is -2.37. The summed E-state index contributed by atoms with van der Waals surface area (Å²) in [7, 11) is 3.60. The maximum Gasteiger partial charge on any atom is 0.257 e. The summed E-state index contributed by atoms with van der Waals surface area (Å²) in [5, 5.41) is 2.97. The molecule has 1 amide bonds. The van der Waals surface area contributed by atoms with Gasteiger partial charge < -0.3 is 10.2 Å². The number of nitrogens with one attached hydrogen (secondary N) is 1. The zero-order chi connectivity index (χ0) is 18.5. The standard InChI is InChI=1S/C20H25FN4O/c1-22-19-17(9-5-11-23-19)20(26)24(2)16-8-6-12-25(14-16)13-15-7-3-4-10-18(15)21/h3-5,7,9-11,16H,6,8,12-14H2,1-2H3,(H,22,23)/t16-/m0/s1. The van der Waals surface area contributed by atoms with Gasteiger partial charge in [-0.2, -0.15) is 0 Å². The molecule has 1 fully saturated rings. The molecule has 1 aromatic heterocycles. The molecule has 1 aliphatic rings. The van der Waals surface area contributed by atoms with E-state index in [1.54, 1.807) is 36.3 Å². The van der Waals surface area contributed by atoms with Gasteiger partial charge in [0.05, 0.1) is 5.56 Å². The molecule has 1 aromatic carbocycles. The molecule has 0 radical (unpaired) electrons. The Kier molecular flexibility index (Phi) is 5.83. The summed E-state index contributed by atoms with van der Waals surface area (Å²) in [5.74, 6) is 0.372. The molecule has 0 saturated carbocycles. The minimum atomic E-state index is -0.173. The molecule has 3 rings (SSSR count). The van der Waals surface area contributed by atoms with Crippen molar-refractivity contribution >= 4 is 11.7 Å². The van der Waals surface area contributed by atoms with Crippen LogP contribution in [-0.4, -0.2) is 53.9 Å². The Hall–Kier alpha value is -2.47. The molecule has 138 valence electrons. The number of piperidine rings is 1. The molecule has 26 heavy (non-hydrogen) atoms. The number of carbonyl (C=O) groups is 1. The first kappa shape index (κ1) is 18.3. The fraction of sp³-hybridized carbons (Fsp3) is 0.400. The normalized spacial score (nSPS) is 17.7. The second-order valence-corrected chi connectivity index (χ2v) is 6.69. The fourth-order valence-corrected chi connectivity index (χ4v) is 3.49. The predicted octanol–water partition coefficient (Wildman–Crippen LogP) is 3.00. The number of benzene rings is 1. The Morgan fingerprint density at radius 3 is 2.92 bits per heavy atom. The lowest BCUT2D eigenvalue weighted by molar-refractivity contribution is 0.0608. The number of likely N-dealkylation sites (tertiary alicyclic amines) is 1. The minimum Gasteiger partial charge on any atom is -0.372 e. The van der Waals surface area contributed by atoms with E-state index in [1.807, 2.05) is 19.2 Å². The lowest BCUT2D eigenvalue weighted by atomic mass is 10.0. The van der Waals surface area contributed by atoms with Gasteiger partial charge in [0.25, 0.3) is 5.91 Å². The van der Waals surface area contributed by atoms with Crippen LogP contribution in [0.3, 0.4) is 0 Å². The Morgan fingerprint density at radius 1 is 1.35 bits per heavy atom. The highest BCUT2D eigenvalue weighted by Gasteiger charge is 2.28. The quantitative estimate of drug-likeness (QED) is 0.895. The number of halogens is 1. The molecule has 6 heteroatoms. The molecule has 1 aliphatic heterocycles. The van der Waals surface area contributed by atoms with Crippen molar-refractivity contribution in [3.05, 3.63) is 59.5 Å². The number of aromatic nitrogens is 1. The van der Waals surface area contributed by atoms with Gasteiger partial charge in [-0.25, -0.2) is 9.37 Å². The van der Waals surface area contributed by atoms with Gasteiger partial charge >= 0.3 is 0 Å². The summed E-state index contributed by atoms with van der Waals surface area (Å²) in [6.07, 6.45) is 3.60. The average Bonchev–Trinajstić information content (AvgIpc) is 2.69. The van der Waals surface area contributed by atoms with Crippen molar-refractivity contribution in [1.82, 2.24) is 14.8 Å². The Labute approximate surface area is 153 Å². The van der Waals surface area contributed by atoms with Crippen molar-refractivity contribution < 1.29 is 9.18 Å². The summed E-state index contributed by atoms with van der Waals surface area (Å²) in [5.41, 5.74) is 1.27. The molecule has 0 unspecified atom stereocenters. The van der Waals surface area contributed by atoms with Crippen LogP contribution in [0.5, 0.6) is 0 Å². The van der Waals surface area contributed by atoms with E-state index < -0.39 is 0 Å². The summed E-state index contributed by atoms with van der Waals surface area (Å²) in [6.45, 7) is 2.23. The third-order valence-corrected chi connectivity index (χ3v) is 4.98. The van der Waals surface area contributed by atoms with Gasteiger partial charge in [-0.15, -0.1) is 0 Å². The van der Waals surface area contributed by atoms with Crippen LogP contribution in [0.4, 0.5) is 10.2 Å². The van der Waals surface area contributed by atoms with Crippen molar-refractivity contribution in [2.75, 3.05) is 32.5 Å². The van der Waals surface area contributed by atoms with Gasteiger partial charge in [0, 0.05) is 45.0 Å². The Bertz CT molecular complexity index is 767. The summed E-state index contributed by atoms with van der Waals surface area (Å²) in [4.78, 5) is 21.1. The van der Waals surface area contributed by atoms with E-state index in [9.17, 15) is 9.18 Å². The van der Waals surface area contributed by atoms with Gasteiger partial charge in [0.15, 0.2) is 0 Å². The van der Waals surface area contributed by atoms with Crippen molar-refractivity contribution in [3.63, 3.8) is 0 Å². The molecule has 5 nitrogen and oxygen atoms in total. The van der Waals surface area contributed by atoms with Crippen LogP contribution < -0.4 is 5.32 Å². The van der Waals surface area contributed by atoms with Crippen LogP contribution in [0.2, 0.25) is 0 Å².